The Morgan fingerprint density at radius 3 is 2.67 bits per heavy atom. The molecule has 0 heterocycles. The minimum Gasteiger partial charge on any atom is -0.307 e. The molecule has 1 N–H and O–H groups in total. The van der Waals surface area contributed by atoms with E-state index in [0.29, 0.717) is 0 Å². The Hall–Kier alpha value is -0.670. The molecule has 1 aromatic carbocycles. The third-order valence-corrected chi connectivity index (χ3v) is 2.41. The molecule has 0 saturated heterocycles. The zero-order valence-corrected chi connectivity index (χ0v) is 8.34. The zero-order valence-electron chi connectivity index (χ0n) is 6.75. The van der Waals surface area contributed by atoms with Crippen molar-refractivity contribution in [1.82, 2.24) is 5.32 Å². The summed E-state index contributed by atoms with van der Waals surface area (Å²) in [6.07, 6.45) is 0.889. The molecule has 1 rings (SSSR count). The van der Waals surface area contributed by atoms with Crippen LogP contribution in [0.4, 0.5) is 0 Å². The van der Waals surface area contributed by atoms with Crippen molar-refractivity contribution in [1.29, 1.82) is 0 Å². The summed E-state index contributed by atoms with van der Waals surface area (Å²) < 4.78 is 0.955. The second-order valence-electron chi connectivity index (χ2n) is 2.42. The molecular formula is C9H10BrNO. The van der Waals surface area contributed by atoms with Crippen LogP contribution in [0.15, 0.2) is 28.7 Å². The molecule has 0 spiro atoms. The molecule has 0 aliphatic heterocycles. The molecule has 64 valence electrons. The lowest BCUT2D eigenvalue weighted by Crippen LogP contribution is -2.17. The third-order valence-electron chi connectivity index (χ3n) is 1.69. The first kappa shape index (κ1) is 9.42. The summed E-state index contributed by atoms with van der Waals surface area (Å²) in [5.41, 5.74) is 0.968. The van der Waals surface area contributed by atoms with Gasteiger partial charge >= 0.3 is 0 Å². The zero-order chi connectivity index (χ0) is 8.97. The highest BCUT2D eigenvalue weighted by atomic mass is 79.9. The van der Waals surface area contributed by atoms with E-state index in [0.717, 1.165) is 16.3 Å². The number of hydrogen-bond donors (Lipinski definition) is 1. The Morgan fingerprint density at radius 1 is 1.50 bits per heavy atom. The number of nitrogens with one attached hydrogen (secondary N) is 1. The number of carbonyl (C=O) groups excluding carboxylic acids is 1. The largest absolute Gasteiger partial charge is 0.307 e. The van der Waals surface area contributed by atoms with Crippen molar-refractivity contribution < 1.29 is 4.79 Å². The molecule has 0 saturated carbocycles. The molecule has 0 aliphatic carbocycles. The van der Waals surface area contributed by atoms with Gasteiger partial charge in [0.2, 0.25) is 0 Å². The normalized spacial score (nSPS) is 12.5. The quantitative estimate of drug-likeness (QED) is 0.800. The number of carbonyl (C=O) groups is 1. The average Bonchev–Trinajstić information content (AvgIpc) is 2.10. The van der Waals surface area contributed by atoms with Crippen LogP contribution in [0.25, 0.3) is 0 Å². The topological polar surface area (TPSA) is 29.1 Å². The number of aldehydes is 1. The van der Waals surface area contributed by atoms with Crippen molar-refractivity contribution in [3.05, 3.63) is 34.3 Å². The lowest BCUT2D eigenvalue weighted by atomic mass is 10.1. The van der Waals surface area contributed by atoms with Crippen LogP contribution in [0.5, 0.6) is 0 Å². The number of hydrogen-bond acceptors (Lipinski definition) is 2. The Balaban J connectivity index is 3.00. The third kappa shape index (κ3) is 1.93. The minimum absolute atomic E-state index is 0.222. The van der Waals surface area contributed by atoms with Crippen LogP contribution in [0, 0.1) is 0 Å². The van der Waals surface area contributed by atoms with Crippen LogP contribution < -0.4 is 5.32 Å². The number of likely N-dealkylation sites (N-methyl/N-ethyl adjacent to an activating group) is 1. The van der Waals surface area contributed by atoms with Gasteiger partial charge in [-0.3, -0.25) is 0 Å². The first-order chi connectivity index (χ1) is 5.79. The summed E-state index contributed by atoms with van der Waals surface area (Å²) in [6, 6.07) is 7.45. The summed E-state index contributed by atoms with van der Waals surface area (Å²) in [7, 11) is 1.76. The number of benzene rings is 1. The molecule has 1 unspecified atom stereocenters. The van der Waals surface area contributed by atoms with Gasteiger partial charge in [-0.25, -0.2) is 0 Å². The summed E-state index contributed by atoms with van der Waals surface area (Å²) in [6.45, 7) is 0. The van der Waals surface area contributed by atoms with Gasteiger partial charge < -0.3 is 10.1 Å². The van der Waals surface area contributed by atoms with Gasteiger partial charge in [0.05, 0.1) is 6.04 Å². The van der Waals surface area contributed by atoms with Crippen molar-refractivity contribution in [3.8, 4) is 0 Å². The van der Waals surface area contributed by atoms with E-state index < -0.39 is 0 Å². The van der Waals surface area contributed by atoms with Gasteiger partial charge in [0.15, 0.2) is 0 Å². The van der Waals surface area contributed by atoms with Gasteiger partial charge in [0.1, 0.15) is 6.29 Å². The van der Waals surface area contributed by atoms with Crippen LogP contribution in [0.3, 0.4) is 0 Å². The van der Waals surface area contributed by atoms with Crippen LogP contribution in [-0.4, -0.2) is 13.3 Å². The predicted molar refractivity (Wildman–Crippen MR) is 52.0 cm³/mol. The molecule has 3 heteroatoms. The fourth-order valence-corrected chi connectivity index (χ4v) is 1.56. The monoisotopic (exact) mass is 227 g/mol. The fraction of sp³-hybridized carbons (Fsp3) is 0.222. The van der Waals surface area contributed by atoms with Crippen LogP contribution in [0.2, 0.25) is 0 Å². The average molecular weight is 228 g/mol. The molecule has 1 atom stereocenters. The predicted octanol–water partition coefficient (Wildman–Crippen LogP) is 1.91. The summed E-state index contributed by atoms with van der Waals surface area (Å²) >= 11 is 3.38. The SMILES string of the molecule is CNC(C=O)c1ccccc1Br. The maximum absolute atomic E-state index is 10.6. The van der Waals surface area contributed by atoms with Gasteiger partial charge in [-0.1, -0.05) is 34.1 Å². The van der Waals surface area contributed by atoms with E-state index in [-0.39, 0.29) is 6.04 Å². The van der Waals surface area contributed by atoms with E-state index in [1.807, 2.05) is 24.3 Å². The first-order valence-corrected chi connectivity index (χ1v) is 4.46. The summed E-state index contributed by atoms with van der Waals surface area (Å²) in [4.78, 5) is 10.6. The molecule has 2 nitrogen and oxygen atoms in total. The molecule has 0 radical (unpaired) electrons. The van der Waals surface area contributed by atoms with E-state index in [2.05, 4.69) is 21.2 Å². The van der Waals surface area contributed by atoms with Gasteiger partial charge in [-0.15, -0.1) is 0 Å². The smallest absolute Gasteiger partial charge is 0.141 e. The van der Waals surface area contributed by atoms with E-state index in [4.69, 9.17) is 0 Å². The molecule has 1 aromatic rings. The Kier molecular flexibility index (Phi) is 3.44. The highest BCUT2D eigenvalue weighted by molar-refractivity contribution is 9.10. The van der Waals surface area contributed by atoms with E-state index in [9.17, 15) is 4.79 Å². The van der Waals surface area contributed by atoms with Crippen molar-refractivity contribution >= 4 is 22.2 Å². The molecule has 12 heavy (non-hydrogen) atoms. The van der Waals surface area contributed by atoms with E-state index >= 15 is 0 Å². The lowest BCUT2D eigenvalue weighted by molar-refractivity contribution is -0.109. The van der Waals surface area contributed by atoms with E-state index in [1.165, 1.54) is 0 Å². The van der Waals surface area contributed by atoms with Gasteiger partial charge in [-0.05, 0) is 18.7 Å². The second kappa shape index (κ2) is 4.38. The number of rotatable bonds is 3. The molecule has 0 amide bonds. The van der Waals surface area contributed by atoms with E-state index in [1.54, 1.807) is 7.05 Å². The molecule has 0 aliphatic rings. The first-order valence-electron chi connectivity index (χ1n) is 3.66. The van der Waals surface area contributed by atoms with Crippen molar-refractivity contribution in [2.45, 2.75) is 6.04 Å². The van der Waals surface area contributed by atoms with Crippen molar-refractivity contribution in [2.24, 2.45) is 0 Å². The second-order valence-corrected chi connectivity index (χ2v) is 3.28. The van der Waals surface area contributed by atoms with Gasteiger partial charge in [0, 0.05) is 4.47 Å². The highest BCUT2D eigenvalue weighted by Crippen LogP contribution is 2.21. The van der Waals surface area contributed by atoms with Crippen LogP contribution >= 0.6 is 15.9 Å². The van der Waals surface area contributed by atoms with Crippen LogP contribution in [-0.2, 0) is 4.79 Å². The van der Waals surface area contributed by atoms with Crippen molar-refractivity contribution in [2.75, 3.05) is 7.05 Å². The van der Waals surface area contributed by atoms with Gasteiger partial charge in [-0.2, -0.15) is 0 Å². The fourth-order valence-electron chi connectivity index (χ4n) is 1.02. The van der Waals surface area contributed by atoms with Crippen LogP contribution in [0.1, 0.15) is 11.6 Å². The Labute approximate surface area is 80.1 Å². The standard InChI is InChI=1S/C9H10BrNO/c1-11-9(6-12)7-4-2-3-5-8(7)10/h2-6,9,11H,1H3. The molecule has 0 fully saturated rings. The Morgan fingerprint density at radius 2 is 2.17 bits per heavy atom. The maximum atomic E-state index is 10.6. The number of halogens is 1. The summed E-state index contributed by atoms with van der Waals surface area (Å²) in [5, 5.41) is 2.91. The van der Waals surface area contributed by atoms with Gasteiger partial charge in [0.25, 0.3) is 0 Å². The molecular weight excluding hydrogens is 218 g/mol. The van der Waals surface area contributed by atoms with Crippen molar-refractivity contribution in [3.63, 3.8) is 0 Å². The minimum atomic E-state index is -0.222. The molecule has 0 aromatic heterocycles. The lowest BCUT2D eigenvalue weighted by Gasteiger charge is -2.10. The summed E-state index contributed by atoms with van der Waals surface area (Å²) in [5.74, 6) is 0. The maximum Gasteiger partial charge on any atom is 0.141 e. The molecule has 0 bridgehead atoms. The highest BCUT2D eigenvalue weighted by Gasteiger charge is 2.09. The Bertz CT molecular complexity index is 275.